The lowest BCUT2D eigenvalue weighted by molar-refractivity contribution is -0.121. The summed E-state index contributed by atoms with van der Waals surface area (Å²) in [5, 5.41) is 12.3. The maximum absolute atomic E-state index is 11.9. The number of pyridine rings is 1. The van der Waals surface area contributed by atoms with Gasteiger partial charge in [-0.2, -0.15) is 0 Å². The first-order valence-electron chi connectivity index (χ1n) is 6.57. The van der Waals surface area contributed by atoms with Gasteiger partial charge in [0.1, 0.15) is 6.54 Å². The maximum atomic E-state index is 11.9. The fourth-order valence-electron chi connectivity index (χ4n) is 1.96. The molecule has 1 heterocycles. The van der Waals surface area contributed by atoms with Crippen LogP contribution in [0.1, 0.15) is 6.92 Å². The van der Waals surface area contributed by atoms with Gasteiger partial charge in [0, 0.05) is 30.8 Å². The minimum atomic E-state index is -0.140. The van der Waals surface area contributed by atoms with Crippen molar-refractivity contribution < 1.29 is 9.90 Å². The van der Waals surface area contributed by atoms with E-state index < -0.39 is 0 Å². The van der Waals surface area contributed by atoms with Crippen molar-refractivity contribution in [3.8, 4) is 0 Å². The van der Waals surface area contributed by atoms with Crippen molar-refractivity contribution >= 4 is 16.8 Å². The van der Waals surface area contributed by atoms with Crippen LogP contribution in [0.5, 0.6) is 0 Å². The Morgan fingerprint density at radius 2 is 2.10 bits per heavy atom. The van der Waals surface area contributed by atoms with Crippen LogP contribution in [0.3, 0.4) is 0 Å². The van der Waals surface area contributed by atoms with Gasteiger partial charge >= 0.3 is 0 Å². The summed E-state index contributed by atoms with van der Waals surface area (Å²) >= 11 is 0. The molecule has 2 aromatic rings. The Morgan fingerprint density at radius 1 is 1.35 bits per heavy atom. The number of carbonyl (C=O) groups excluding carboxylic acids is 1. The summed E-state index contributed by atoms with van der Waals surface area (Å²) in [6.07, 6.45) is 1.62. The molecule has 1 aromatic heterocycles. The Balaban J connectivity index is 2.16. The predicted molar refractivity (Wildman–Crippen MR) is 77.5 cm³/mol. The Morgan fingerprint density at radius 3 is 2.85 bits per heavy atom. The molecule has 0 aliphatic heterocycles. The van der Waals surface area contributed by atoms with Gasteiger partial charge in [0.2, 0.25) is 5.91 Å². The van der Waals surface area contributed by atoms with Crippen molar-refractivity contribution in [2.45, 2.75) is 13.5 Å². The van der Waals surface area contributed by atoms with Crippen LogP contribution in [0.2, 0.25) is 0 Å². The number of fused-ring (bicyclic) bond motifs is 1. The highest BCUT2D eigenvalue weighted by Crippen LogP contribution is 2.09. The topological polar surface area (TPSA) is 71.3 Å². The number of aromatic nitrogens is 1. The lowest BCUT2D eigenvalue weighted by Crippen LogP contribution is -2.32. The summed E-state index contributed by atoms with van der Waals surface area (Å²) in [5.74, 6) is -0.108. The van der Waals surface area contributed by atoms with Crippen molar-refractivity contribution in [3.63, 3.8) is 0 Å². The quantitative estimate of drug-likeness (QED) is 0.845. The van der Waals surface area contributed by atoms with E-state index >= 15 is 0 Å². The smallest absolute Gasteiger partial charge is 0.239 e. The third-order valence-electron chi connectivity index (χ3n) is 3.16. The lowest BCUT2D eigenvalue weighted by Gasteiger charge is -2.12. The highest BCUT2D eigenvalue weighted by atomic mass is 16.3. The molecule has 5 heteroatoms. The number of nitrogens with zero attached hydrogens (tertiary/aromatic N) is 1. The standard InChI is InChI=1S/C15H18N2O3/c1-11(10-18)8-16-15(20)9-17-7-6-14(19)12-4-2-3-5-13(12)17/h2-7,11,18H,8-10H2,1H3,(H,16,20). The van der Waals surface area contributed by atoms with Gasteiger partial charge in [-0.1, -0.05) is 19.1 Å². The highest BCUT2D eigenvalue weighted by molar-refractivity contribution is 5.82. The van der Waals surface area contributed by atoms with Crippen LogP contribution in [0.4, 0.5) is 0 Å². The van der Waals surface area contributed by atoms with Crippen LogP contribution in [0.15, 0.2) is 41.3 Å². The molecule has 0 aliphatic rings. The van der Waals surface area contributed by atoms with Crippen LogP contribution in [0, 0.1) is 5.92 Å². The number of hydrogen-bond donors (Lipinski definition) is 2. The highest BCUT2D eigenvalue weighted by Gasteiger charge is 2.07. The minimum absolute atomic E-state index is 0.0321. The third-order valence-corrected chi connectivity index (χ3v) is 3.16. The second-order valence-corrected chi connectivity index (χ2v) is 4.92. The number of para-hydroxylation sites is 1. The van der Waals surface area contributed by atoms with Gasteiger partial charge in [-0.25, -0.2) is 0 Å². The van der Waals surface area contributed by atoms with E-state index in [1.807, 2.05) is 19.1 Å². The number of hydrogen-bond acceptors (Lipinski definition) is 3. The SMILES string of the molecule is CC(CO)CNC(=O)Cn1ccc(=O)c2ccccc21. The van der Waals surface area contributed by atoms with E-state index in [0.29, 0.717) is 11.9 Å². The molecule has 1 atom stereocenters. The lowest BCUT2D eigenvalue weighted by atomic mass is 10.2. The largest absolute Gasteiger partial charge is 0.396 e. The number of amides is 1. The van der Waals surface area contributed by atoms with Gasteiger partial charge in [0.05, 0.1) is 5.52 Å². The number of carbonyl (C=O) groups is 1. The van der Waals surface area contributed by atoms with Crippen LogP contribution < -0.4 is 10.7 Å². The molecule has 0 fully saturated rings. The first kappa shape index (κ1) is 14.3. The van der Waals surface area contributed by atoms with Crippen molar-refractivity contribution in [3.05, 3.63) is 46.8 Å². The van der Waals surface area contributed by atoms with Crippen molar-refractivity contribution in [2.24, 2.45) is 5.92 Å². The monoisotopic (exact) mass is 274 g/mol. The van der Waals surface area contributed by atoms with Gasteiger partial charge in [0.25, 0.3) is 0 Å². The van der Waals surface area contributed by atoms with Crippen LogP contribution >= 0.6 is 0 Å². The molecule has 5 nitrogen and oxygen atoms in total. The van der Waals surface area contributed by atoms with Crippen molar-refractivity contribution in [2.75, 3.05) is 13.2 Å². The van der Waals surface area contributed by atoms with E-state index in [9.17, 15) is 9.59 Å². The summed E-state index contributed by atoms with van der Waals surface area (Å²) in [6, 6.07) is 8.67. The van der Waals surface area contributed by atoms with E-state index in [2.05, 4.69) is 5.32 Å². The van der Waals surface area contributed by atoms with Crippen LogP contribution in [-0.4, -0.2) is 28.7 Å². The molecule has 0 saturated heterocycles. The zero-order valence-corrected chi connectivity index (χ0v) is 11.4. The van der Waals surface area contributed by atoms with Crippen LogP contribution in [0.25, 0.3) is 10.9 Å². The Hall–Kier alpha value is -2.14. The zero-order valence-electron chi connectivity index (χ0n) is 11.4. The number of aliphatic hydroxyl groups excluding tert-OH is 1. The summed E-state index contributed by atoms with van der Waals surface area (Å²) < 4.78 is 1.75. The average Bonchev–Trinajstić information content (AvgIpc) is 2.48. The van der Waals surface area contributed by atoms with Gasteiger partial charge < -0.3 is 15.0 Å². The molecule has 0 radical (unpaired) electrons. The van der Waals surface area contributed by atoms with Gasteiger partial charge in [0.15, 0.2) is 5.43 Å². The molecular weight excluding hydrogens is 256 g/mol. The molecule has 0 bridgehead atoms. The molecule has 0 spiro atoms. The second-order valence-electron chi connectivity index (χ2n) is 4.92. The molecule has 0 aliphatic carbocycles. The fraction of sp³-hybridized carbons (Fsp3) is 0.333. The number of benzene rings is 1. The maximum Gasteiger partial charge on any atom is 0.239 e. The molecule has 0 saturated carbocycles. The molecule has 2 N–H and O–H groups in total. The summed E-state index contributed by atoms with van der Waals surface area (Å²) in [5.41, 5.74) is 0.691. The molecule has 106 valence electrons. The summed E-state index contributed by atoms with van der Waals surface area (Å²) in [6.45, 7) is 2.49. The number of rotatable bonds is 5. The molecule has 20 heavy (non-hydrogen) atoms. The average molecular weight is 274 g/mol. The van der Waals surface area contributed by atoms with E-state index in [-0.39, 0.29) is 30.4 Å². The first-order chi connectivity index (χ1) is 9.61. The van der Waals surface area contributed by atoms with Gasteiger partial charge in [-0.05, 0) is 18.1 Å². The Kier molecular flexibility index (Phi) is 4.53. The van der Waals surface area contributed by atoms with E-state index in [0.717, 1.165) is 5.52 Å². The zero-order chi connectivity index (χ0) is 14.5. The van der Waals surface area contributed by atoms with Gasteiger partial charge in [-0.15, -0.1) is 0 Å². The molecule has 1 aromatic carbocycles. The number of aliphatic hydroxyl groups is 1. The Bertz CT molecular complexity index is 663. The van der Waals surface area contributed by atoms with E-state index in [1.54, 1.807) is 22.9 Å². The first-order valence-corrected chi connectivity index (χ1v) is 6.57. The van der Waals surface area contributed by atoms with E-state index in [1.165, 1.54) is 6.07 Å². The molecule has 1 unspecified atom stereocenters. The van der Waals surface area contributed by atoms with E-state index in [4.69, 9.17) is 5.11 Å². The fourth-order valence-corrected chi connectivity index (χ4v) is 1.96. The van der Waals surface area contributed by atoms with Crippen LogP contribution in [-0.2, 0) is 11.3 Å². The summed E-state index contributed by atoms with van der Waals surface area (Å²) in [7, 11) is 0. The van der Waals surface area contributed by atoms with Crippen molar-refractivity contribution in [1.82, 2.24) is 9.88 Å². The molecule has 2 rings (SSSR count). The molecular formula is C15H18N2O3. The van der Waals surface area contributed by atoms with Gasteiger partial charge in [-0.3, -0.25) is 9.59 Å². The van der Waals surface area contributed by atoms with Crippen molar-refractivity contribution in [1.29, 1.82) is 0 Å². The summed E-state index contributed by atoms with van der Waals surface area (Å²) in [4.78, 5) is 23.6. The third kappa shape index (κ3) is 3.24. The number of nitrogens with one attached hydrogen (secondary N) is 1. The normalized spacial score (nSPS) is 12.3. The minimum Gasteiger partial charge on any atom is -0.396 e. The predicted octanol–water partition coefficient (Wildman–Crippen LogP) is 0.746. The molecule has 1 amide bonds. The second kappa shape index (κ2) is 6.34. The Labute approximate surface area is 116 Å².